The summed E-state index contributed by atoms with van der Waals surface area (Å²) >= 11 is 0. The largest absolute Gasteiger partial charge is 0.380 e. The predicted octanol–water partition coefficient (Wildman–Crippen LogP) is 1.49. The summed E-state index contributed by atoms with van der Waals surface area (Å²) in [6, 6.07) is 1.51. The van der Waals surface area contributed by atoms with E-state index in [2.05, 4.69) is 24.1 Å². The molecule has 1 saturated carbocycles. The minimum absolute atomic E-state index is 0.683. The summed E-state index contributed by atoms with van der Waals surface area (Å²) in [6.07, 6.45) is 3.95. The summed E-state index contributed by atoms with van der Waals surface area (Å²) in [5.74, 6) is 0.726. The first-order valence-corrected chi connectivity index (χ1v) is 6.82. The van der Waals surface area contributed by atoms with Crippen molar-refractivity contribution in [3.8, 4) is 0 Å². The molecular weight excluding hydrogens is 200 g/mol. The lowest BCUT2D eigenvalue weighted by atomic mass is 10.0. The predicted molar refractivity (Wildman–Crippen MR) is 66.7 cm³/mol. The van der Waals surface area contributed by atoms with E-state index in [-0.39, 0.29) is 0 Å². The van der Waals surface area contributed by atoms with Crippen LogP contribution in [0, 0.1) is 5.92 Å². The van der Waals surface area contributed by atoms with E-state index >= 15 is 0 Å². The van der Waals surface area contributed by atoms with E-state index in [4.69, 9.17) is 4.74 Å². The average Bonchev–Trinajstić information content (AvgIpc) is 3.03. The van der Waals surface area contributed by atoms with Crippen molar-refractivity contribution in [2.45, 2.75) is 45.2 Å². The highest BCUT2D eigenvalue weighted by molar-refractivity contribution is 4.85. The van der Waals surface area contributed by atoms with E-state index in [0.29, 0.717) is 6.04 Å². The molecule has 0 spiro atoms. The van der Waals surface area contributed by atoms with Crippen LogP contribution in [0.4, 0.5) is 0 Å². The Labute approximate surface area is 99.5 Å². The number of nitrogens with zero attached hydrogens (tertiary/aromatic N) is 1. The van der Waals surface area contributed by atoms with E-state index in [9.17, 15) is 0 Å². The van der Waals surface area contributed by atoms with Gasteiger partial charge in [0, 0.05) is 38.3 Å². The molecule has 16 heavy (non-hydrogen) atoms. The topological polar surface area (TPSA) is 24.5 Å². The second-order valence-electron chi connectivity index (χ2n) is 5.50. The van der Waals surface area contributed by atoms with Crippen LogP contribution in [0.5, 0.6) is 0 Å². The zero-order valence-electron chi connectivity index (χ0n) is 10.7. The molecule has 2 rings (SSSR count). The highest BCUT2D eigenvalue weighted by Gasteiger charge is 2.26. The normalized spacial score (nSPS) is 25.7. The maximum atomic E-state index is 5.53. The van der Waals surface area contributed by atoms with Crippen molar-refractivity contribution in [2.24, 2.45) is 5.92 Å². The third-order valence-corrected chi connectivity index (χ3v) is 3.69. The van der Waals surface area contributed by atoms with Gasteiger partial charge in [-0.05, 0) is 25.2 Å². The fourth-order valence-corrected chi connectivity index (χ4v) is 2.46. The zero-order valence-corrected chi connectivity index (χ0v) is 10.7. The second kappa shape index (κ2) is 5.99. The van der Waals surface area contributed by atoms with Crippen LogP contribution in [0.15, 0.2) is 0 Å². The van der Waals surface area contributed by atoms with Crippen LogP contribution >= 0.6 is 0 Å². The lowest BCUT2D eigenvalue weighted by Crippen LogP contribution is -2.47. The smallest absolute Gasteiger partial charge is 0.0593 e. The Bertz CT molecular complexity index is 196. The molecule has 3 heteroatoms. The van der Waals surface area contributed by atoms with Gasteiger partial charge in [0.2, 0.25) is 0 Å². The van der Waals surface area contributed by atoms with Crippen LogP contribution in [-0.2, 0) is 4.74 Å². The van der Waals surface area contributed by atoms with Crippen LogP contribution < -0.4 is 5.32 Å². The maximum Gasteiger partial charge on any atom is 0.0593 e. The molecule has 3 nitrogen and oxygen atoms in total. The van der Waals surface area contributed by atoms with E-state index in [1.807, 2.05) is 0 Å². The molecule has 1 unspecified atom stereocenters. The first kappa shape index (κ1) is 12.3. The van der Waals surface area contributed by atoms with Crippen molar-refractivity contribution in [3.05, 3.63) is 0 Å². The van der Waals surface area contributed by atoms with Gasteiger partial charge < -0.3 is 10.1 Å². The summed E-state index contributed by atoms with van der Waals surface area (Å²) in [7, 11) is 0. The number of nitrogens with one attached hydrogen (secondary N) is 1. The Morgan fingerprint density at radius 2 is 2.06 bits per heavy atom. The van der Waals surface area contributed by atoms with Gasteiger partial charge in [-0.15, -0.1) is 0 Å². The van der Waals surface area contributed by atoms with Gasteiger partial charge >= 0.3 is 0 Å². The summed E-state index contributed by atoms with van der Waals surface area (Å²) in [4.78, 5) is 2.62. The molecule has 1 saturated heterocycles. The van der Waals surface area contributed by atoms with Gasteiger partial charge in [-0.3, -0.25) is 4.90 Å². The summed E-state index contributed by atoms with van der Waals surface area (Å²) in [5.41, 5.74) is 0. The number of hydrogen-bond acceptors (Lipinski definition) is 3. The molecule has 0 bridgehead atoms. The van der Waals surface area contributed by atoms with Crippen molar-refractivity contribution < 1.29 is 4.74 Å². The fourth-order valence-electron chi connectivity index (χ4n) is 2.46. The van der Waals surface area contributed by atoms with Gasteiger partial charge in [0.05, 0.1) is 6.61 Å². The first-order valence-electron chi connectivity index (χ1n) is 6.82. The molecular formula is C13H26N2O. The van der Waals surface area contributed by atoms with Crippen LogP contribution in [0.3, 0.4) is 0 Å². The lowest BCUT2D eigenvalue weighted by molar-refractivity contribution is 0.119. The van der Waals surface area contributed by atoms with Crippen LogP contribution in [0.1, 0.15) is 33.1 Å². The van der Waals surface area contributed by atoms with Crippen molar-refractivity contribution in [3.63, 3.8) is 0 Å². The molecule has 0 amide bonds. The Morgan fingerprint density at radius 1 is 1.25 bits per heavy atom. The number of hydrogen-bond donors (Lipinski definition) is 1. The van der Waals surface area contributed by atoms with Gasteiger partial charge in [-0.1, -0.05) is 13.8 Å². The molecule has 0 aromatic carbocycles. The van der Waals surface area contributed by atoms with Gasteiger partial charge in [-0.2, -0.15) is 0 Å². The highest BCUT2D eigenvalue weighted by atomic mass is 16.5. The van der Waals surface area contributed by atoms with Gasteiger partial charge in [0.15, 0.2) is 0 Å². The molecule has 94 valence electrons. The quantitative estimate of drug-likeness (QED) is 0.768. The van der Waals surface area contributed by atoms with E-state index < -0.39 is 0 Å². The van der Waals surface area contributed by atoms with Gasteiger partial charge in [0.25, 0.3) is 0 Å². The summed E-state index contributed by atoms with van der Waals surface area (Å²) in [6.45, 7) is 9.99. The molecule has 2 fully saturated rings. The zero-order chi connectivity index (χ0) is 11.4. The van der Waals surface area contributed by atoms with Crippen molar-refractivity contribution in [1.29, 1.82) is 0 Å². The third-order valence-electron chi connectivity index (χ3n) is 3.69. The first-order chi connectivity index (χ1) is 7.77. The highest BCUT2D eigenvalue weighted by Crippen LogP contribution is 2.20. The van der Waals surface area contributed by atoms with Crippen LogP contribution in [0.2, 0.25) is 0 Å². The Hall–Kier alpha value is -0.120. The maximum absolute atomic E-state index is 5.53. The van der Waals surface area contributed by atoms with E-state index in [0.717, 1.165) is 38.3 Å². The Morgan fingerprint density at radius 3 is 2.75 bits per heavy atom. The summed E-state index contributed by atoms with van der Waals surface area (Å²) < 4.78 is 5.53. The Balaban J connectivity index is 1.82. The molecule has 1 N–H and O–H groups in total. The minimum Gasteiger partial charge on any atom is -0.380 e. The molecule has 1 aliphatic carbocycles. The van der Waals surface area contributed by atoms with Gasteiger partial charge in [-0.25, -0.2) is 0 Å². The SMILES string of the molecule is CC(C)C(CNC1CC1)N1CCCOCC1. The van der Waals surface area contributed by atoms with E-state index in [1.54, 1.807) is 0 Å². The summed E-state index contributed by atoms with van der Waals surface area (Å²) in [5, 5.41) is 3.67. The Kier molecular flexibility index (Phi) is 4.62. The van der Waals surface area contributed by atoms with Crippen molar-refractivity contribution in [1.82, 2.24) is 10.2 Å². The molecule has 2 aliphatic rings. The molecule has 0 radical (unpaired) electrons. The minimum atomic E-state index is 0.683. The molecule has 1 aliphatic heterocycles. The standard InChI is InChI=1S/C13H26N2O/c1-11(2)13(10-14-12-4-5-12)15-6-3-8-16-9-7-15/h11-14H,3-10H2,1-2H3. The van der Waals surface area contributed by atoms with Crippen LogP contribution in [-0.4, -0.2) is 49.8 Å². The number of ether oxygens (including phenoxy) is 1. The third kappa shape index (κ3) is 3.72. The average molecular weight is 226 g/mol. The molecule has 1 heterocycles. The van der Waals surface area contributed by atoms with Crippen LogP contribution in [0.25, 0.3) is 0 Å². The van der Waals surface area contributed by atoms with Gasteiger partial charge in [0.1, 0.15) is 0 Å². The lowest BCUT2D eigenvalue weighted by Gasteiger charge is -2.33. The molecule has 0 aromatic rings. The second-order valence-corrected chi connectivity index (χ2v) is 5.50. The molecule has 1 atom stereocenters. The molecule has 0 aromatic heterocycles. The number of rotatable bonds is 5. The van der Waals surface area contributed by atoms with Crippen molar-refractivity contribution >= 4 is 0 Å². The van der Waals surface area contributed by atoms with Crippen molar-refractivity contribution in [2.75, 3.05) is 32.8 Å². The fraction of sp³-hybridized carbons (Fsp3) is 1.00. The monoisotopic (exact) mass is 226 g/mol. The van der Waals surface area contributed by atoms with E-state index in [1.165, 1.54) is 25.8 Å².